The number of hydrogen-bond acceptors (Lipinski definition) is 2. The first-order chi connectivity index (χ1) is 8.71. The van der Waals surface area contributed by atoms with Crippen molar-refractivity contribution in [2.75, 3.05) is 0 Å². The van der Waals surface area contributed by atoms with Crippen LogP contribution in [0.15, 0.2) is 29.2 Å². The third kappa shape index (κ3) is 3.26. The van der Waals surface area contributed by atoms with Gasteiger partial charge in [0.1, 0.15) is 4.90 Å². The average Bonchev–Trinajstić information content (AvgIpc) is 2.50. The van der Waals surface area contributed by atoms with Crippen LogP contribution in [0, 0.1) is 13.8 Å². The Kier molecular flexibility index (Phi) is 5.44. The van der Waals surface area contributed by atoms with Crippen LogP contribution in [0.5, 0.6) is 0 Å². The number of fused-ring (bicyclic) bond motifs is 1. The molecule has 2 rings (SSSR count). The largest absolute Gasteiger partial charge is 1.00 e. The number of rotatable bonds is 2. The van der Waals surface area contributed by atoms with Crippen LogP contribution in [-0.4, -0.2) is 13.0 Å². The van der Waals surface area contributed by atoms with Gasteiger partial charge in [-0.2, -0.15) is 8.42 Å². The van der Waals surface area contributed by atoms with E-state index in [0.717, 1.165) is 22.3 Å². The first kappa shape index (κ1) is 17.7. The Morgan fingerprint density at radius 3 is 2.15 bits per heavy atom. The van der Waals surface area contributed by atoms with E-state index < -0.39 is 10.1 Å². The summed E-state index contributed by atoms with van der Waals surface area (Å²) in [6.07, 6.45) is 0. The zero-order chi connectivity index (χ0) is 14.4. The molecule has 102 valence electrons. The van der Waals surface area contributed by atoms with Crippen LogP contribution in [0.3, 0.4) is 0 Å². The van der Waals surface area contributed by atoms with Crippen LogP contribution in [0.4, 0.5) is 0 Å². The molecule has 0 saturated carbocycles. The van der Waals surface area contributed by atoms with Gasteiger partial charge in [0.2, 0.25) is 0 Å². The van der Waals surface area contributed by atoms with Crippen LogP contribution in [0.25, 0.3) is 11.1 Å². The fourth-order valence-electron chi connectivity index (χ4n) is 2.35. The second-order valence-corrected chi connectivity index (χ2v) is 6.66. The number of aryl methyl sites for hydroxylation is 2. The third-order valence-electron chi connectivity index (χ3n) is 3.46. The molecule has 0 aromatic heterocycles. The smallest absolute Gasteiger partial charge is 0.282 e. The predicted molar refractivity (Wildman–Crippen MR) is 76.4 cm³/mol. The fraction of sp³-hybridized carbons (Fsp3) is 0.333. The van der Waals surface area contributed by atoms with E-state index >= 15 is 0 Å². The molecule has 0 saturated heterocycles. The molecule has 0 radical (unpaired) electrons. The van der Waals surface area contributed by atoms with Gasteiger partial charge >= 0.3 is 29.6 Å². The molecular weight excluding hydrogens is 283 g/mol. The molecule has 0 aromatic rings. The maximum Gasteiger partial charge on any atom is 1.00 e. The second-order valence-electron chi connectivity index (χ2n) is 5.27. The van der Waals surface area contributed by atoms with E-state index in [1.807, 2.05) is 32.0 Å². The first-order valence-electron chi connectivity index (χ1n) is 6.23. The van der Waals surface area contributed by atoms with Gasteiger partial charge in [-0.1, -0.05) is 32.0 Å². The molecule has 2 aliphatic rings. The molecule has 0 amide bonds. The van der Waals surface area contributed by atoms with E-state index in [1.54, 1.807) is 0 Å². The minimum absolute atomic E-state index is 0. The molecule has 5 heteroatoms. The molecule has 3 nitrogen and oxygen atoms in total. The van der Waals surface area contributed by atoms with Gasteiger partial charge in [0, 0.05) is 5.56 Å². The Labute approximate surface area is 142 Å². The van der Waals surface area contributed by atoms with E-state index in [1.165, 1.54) is 6.07 Å². The molecule has 0 atom stereocenters. The minimum atomic E-state index is -4.19. The van der Waals surface area contributed by atoms with E-state index in [0.29, 0.717) is 11.5 Å². The molecule has 0 bridgehead atoms. The molecule has 0 fully saturated rings. The molecule has 1 N–H and O–H groups in total. The SMILES string of the molecule is Cc1cc(S(=O)(=O)O)c2c(C)ccc(C(C)C)cc1-2.[Na+]. The molecule has 0 heterocycles. The Balaban J connectivity index is 0.00000200. The van der Waals surface area contributed by atoms with Crippen molar-refractivity contribution < 1.29 is 42.5 Å². The summed E-state index contributed by atoms with van der Waals surface area (Å²) in [5.41, 5.74) is 4.37. The van der Waals surface area contributed by atoms with Gasteiger partial charge in [0.25, 0.3) is 10.1 Å². The monoisotopic (exact) mass is 301 g/mol. The minimum Gasteiger partial charge on any atom is -0.282 e. The standard InChI is InChI=1S/C15H18O3S.Na/c1-9(2)12-6-5-10(3)15-13(8-12)11(4)7-14(15)19(16,17)18;/h5-9H,1-4H3,(H,16,17,18);/q;+1. The molecule has 0 spiro atoms. The van der Waals surface area contributed by atoms with Crippen LogP contribution in [0.2, 0.25) is 0 Å². The van der Waals surface area contributed by atoms with Crippen LogP contribution < -0.4 is 29.6 Å². The molecule has 0 aromatic carbocycles. The molecular formula is C15H18NaO3S+. The van der Waals surface area contributed by atoms with Crippen molar-refractivity contribution >= 4 is 10.1 Å². The van der Waals surface area contributed by atoms with Crippen LogP contribution >= 0.6 is 0 Å². The quantitative estimate of drug-likeness (QED) is 0.659. The van der Waals surface area contributed by atoms with Crippen LogP contribution in [0.1, 0.15) is 36.5 Å². The summed E-state index contributed by atoms with van der Waals surface area (Å²) < 4.78 is 32.3. The van der Waals surface area contributed by atoms with Crippen molar-refractivity contribution in [1.29, 1.82) is 0 Å². The van der Waals surface area contributed by atoms with Crippen molar-refractivity contribution in [3.05, 3.63) is 41.0 Å². The van der Waals surface area contributed by atoms with Crippen molar-refractivity contribution in [2.24, 2.45) is 0 Å². The summed E-state index contributed by atoms with van der Waals surface area (Å²) in [6, 6.07) is 7.47. The van der Waals surface area contributed by atoms with Gasteiger partial charge in [0.05, 0.1) is 0 Å². The van der Waals surface area contributed by atoms with Gasteiger partial charge in [-0.3, -0.25) is 4.55 Å². The molecule has 2 aliphatic carbocycles. The Hall–Kier alpha value is -0.390. The normalized spacial score (nSPS) is 11.7. The van der Waals surface area contributed by atoms with Gasteiger partial charge in [-0.25, -0.2) is 0 Å². The Morgan fingerprint density at radius 2 is 1.65 bits per heavy atom. The van der Waals surface area contributed by atoms with Crippen molar-refractivity contribution in [3.8, 4) is 11.1 Å². The topological polar surface area (TPSA) is 54.4 Å². The summed E-state index contributed by atoms with van der Waals surface area (Å²) in [5, 5.41) is 0. The summed E-state index contributed by atoms with van der Waals surface area (Å²) in [4.78, 5) is 0.00315. The first-order valence-corrected chi connectivity index (χ1v) is 7.67. The van der Waals surface area contributed by atoms with Crippen molar-refractivity contribution in [3.63, 3.8) is 0 Å². The van der Waals surface area contributed by atoms with E-state index in [2.05, 4.69) is 13.8 Å². The summed E-state index contributed by atoms with van der Waals surface area (Å²) in [7, 11) is -4.19. The fourth-order valence-corrected chi connectivity index (χ4v) is 3.21. The van der Waals surface area contributed by atoms with Gasteiger partial charge in [0.15, 0.2) is 0 Å². The Morgan fingerprint density at radius 1 is 1.05 bits per heavy atom. The average molecular weight is 301 g/mol. The van der Waals surface area contributed by atoms with E-state index in [4.69, 9.17) is 0 Å². The van der Waals surface area contributed by atoms with Crippen molar-refractivity contribution in [2.45, 2.75) is 38.5 Å². The predicted octanol–water partition coefficient (Wildman–Crippen LogP) is 0.782. The maximum absolute atomic E-state index is 11.5. The zero-order valence-electron chi connectivity index (χ0n) is 12.6. The van der Waals surface area contributed by atoms with Gasteiger partial charge in [-0.15, -0.1) is 0 Å². The van der Waals surface area contributed by atoms with Crippen molar-refractivity contribution in [1.82, 2.24) is 0 Å². The molecule has 20 heavy (non-hydrogen) atoms. The number of hydrogen-bond donors (Lipinski definition) is 1. The maximum atomic E-state index is 11.5. The third-order valence-corrected chi connectivity index (χ3v) is 4.34. The Bertz CT molecular complexity index is 706. The second kappa shape index (κ2) is 6.16. The summed E-state index contributed by atoms with van der Waals surface area (Å²) >= 11 is 0. The summed E-state index contributed by atoms with van der Waals surface area (Å²) in [5.74, 6) is 0.360. The molecule has 0 aliphatic heterocycles. The van der Waals surface area contributed by atoms with Crippen LogP contribution in [-0.2, 0) is 10.1 Å². The van der Waals surface area contributed by atoms with E-state index in [-0.39, 0.29) is 34.5 Å². The molecule has 0 unspecified atom stereocenters. The van der Waals surface area contributed by atoms with Gasteiger partial charge < -0.3 is 0 Å². The zero-order valence-corrected chi connectivity index (χ0v) is 15.4. The van der Waals surface area contributed by atoms with E-state index in [9.17, 15) is 13.0 Å². The van der Waals surface area contributed by atoms with Gasteiger partial charge in [-0.05, 0) is 48.1 Å². The summed E-state index contributed by atoms with van der Waals surface area (Å²) in [6.45, 7) is 7.91.